The van der Waals surface area contributed by atoms with Gasteiger partial charge in [0.05, 0.1) is 5.92 Å². The third-order valence-corrected chi connectivity index (χ3v) is 4.50. The van der Waals surface area contributed by atoms with Crippen LogP contribution in [0.15, 0.2) is 0 Å². The monoisotopic (exact) mass is 254 g/mol. The van der Waals surface area contributed by atoms with Gasteiger partial charge in [0.25, 0.3) is 0 Å². The first kappa shape index (κ1) is 13.8. The molecule has 3 unspecified atom stereocenters. The highest BCUT2D eigenvalue weighted by atomic mass is 16.4. The maximum atomic E-state index is 11.1. The summed E-state index contributed by atoms with van der Waals surface area (Å²) in [5.41, 5.74) is 0. The van der Waals surface area contributed by atoms with Crippen molar-refractivity contribution in [2.24, 2.45) is 11.8 Å². The molecule has 0 aromatic carbocycles. The Morgan fingerprint density at radius 3 is 2.56 bits per heavy atom. The van der Waals surface area contributed by atoms with Gasteiger partial charge in [-0.2, -0.15) is 0 Å². The van der Waals surface area contributed by atoms with Gasteiger partial charge in [-0.05, 0) is 45.1 Å². The Labute approximate surface area is 110 Å². The van der Waals surface area contributed by atoms with Crippen molar-refractivity contribution >= 4 is 5.97 Å². The highest BCUT2D eigenvalue weighted by Gasteiger charge is 2.32. The summed E-state index contributed by atoms with van der Waals surface area (Å²) >= 11 is 0. The lowest BCUT2D eigenvalue weighted by atomic mass is 10.0. The van der Waals surface area contributed by atoms with Crippen LogP contribution in [0.4, 0.5) is 0 Å². The van der Waals surface area contributed by atoms with Crippen molar-refractivity contribution < 1.29 is 9.90 Å². The number of carboxylic acids is 1. The van der Waals surface area contributed by atoms with Crippen molar-refractivity contribution in [3.8, 4) is 0 Å². The lowest BCUT2D eigenvalue weighted by Crippen LogP contribution is -2.47. The van der Waals surface area contributed by atoms with Crippen molar-refractivity contribution in [3.63, 3.8) is 0 Å². The van der Waals surface area contributed by atoms with Crippen molar-refractivity contribution in [1.29, 1.82) is 0 Å². The normalized spacial score (nSPS) is 27.4. The third-order valence-electron chi connectivity index (χ3n) is 4.50. The van der Waals surface area contributed by atoms with Crippen LogP contribution >= 0.6 is 0 Å². The SMILES string of the molecule is CC(C(=O)O)C(C)N(CC1CC1)CC1CCCN1. The lowest BCUT2D eigenvalue weighted by Gasteiger charge is -2.33. The average molecular weight is 254 g/mol. The molecule has 0 spiro atoms. The number of nitrogens with one attached hydrogen (secondary N) is 1. The number of carbonyl (C=O) groups is 1. The van der Waals surface area contributed by atoms with E-state index in [9.17, 15) is 4.79 Å². The van der Waals surface area contributed by atoms with E-state index >= 15 is 0 Å². The molecule has 0 aromatic rings. The van der Waals surface area contributed by atoms with E-state index in [2.05, 4.69) is 17.1 Å². The molecule has 2 rings (SSSR count). The largest absolute Gasteiger partial charge is 0.481 e. The fourth-order valence-electron chi connectivity index (χ4n) is 2.76. The molecule has 0 radical (unpaired) electrons. The van der Waals surface area contributed by atoms with Crippen LogP contribution in [0.25, 0.3) is 0 Å². The number of rotatable bonds is 7. The summed E-state index contributed by atoms with van der Waals surface area (Å²) in [7, 11) is 0. The molecule has 1 saturated heterocycles. The van der Waals surface area contributed by atoms with E-state index in [1.165, 1.54) is 25.7 Å². The summed E-state index contributed by atoms with van der Waals surface area (Å²) in [5.74, 6) is -0.150. The molecule has 2 fully saturated rings. The molecule has 4 heteroatoms. The summed E-state index contributed by atoms with van der Waals surface area (Å²) in [6, 6.07) is 0.692. The van der Waals surface area contributed by atoms with Crippen molar-refractivity contribution in [2.75, 3.05) is 19.6 Å². The smallest absolute Gasteiger partial charge is 0.307 e. The second kappa shape index (κ2) is 6.02. The molecule has 2 N–H and O–H groups in total. The molecule has 3 atom stereocenters. The zero-order valence-electron chi connectivity index (χ0n) is 11.6. The van der Waals surface area contributed by atoms with Crippen LogP contribution < -0.4 is 5.32 Å². The zero-order valence-corrected chi connectivity index (χ0v) is 11.6. The van der Waals surface area contributed by atoms with E-state index in [1.807, 2.05) is 6.92 Å². The predicted octanol–water partition coefficient (Wildman–Crippen LogP) is 1.56. The lowest BCUT2D eigenvalue weighted by molar-refractivity contribution is -0.143. The van der Waals surface area contributed by atoms with Crippen LogP contribution in [-0.4, -0.2) is 47.7 Å². The third kappa shape index (κ3) is 3.69. The van der Waals surface area contributed by atoms with Crippen LogP contribution in [-0.2, 0) is 4.79 Å². The van der Waals surface area contributed by atoms with Crippen LogP contribution in [0.3, 0.4) is 0 Å². The molecule has 104 valence electrons. The molecule has 0 amide bonds. The molecule has 1 aliphatic carbocycles. The number of hydrogen-bond acceptors (Lipinski definition) is 3. The Hall–Kier alpha value is -0.610. The first-order valence-corrected chi connectivity index (χ1v) is 7.28. The summed E-state index contributed by atoms with van der Waals surface area (Å²) < 4.78 is 0. The Balaban J connectivity index is 1.91. The van der Waals surface area contributed by atoms with E-state index in [1.54, 1.807) is 0 Å². The average Bonchev–Trinajstić information content (AvgIpc) is 3.00. The molecular formula is C14H26N2O2. The van der Waals surface area contributed by atoms with Gasteiger partial charge in [0.15, 0.2) is 0 Å². The van der Waals surface area contributed by atoms with Crippen LogP contribution in [0.1, 0.15) is 39.5 Å². The number of hydrogen-bond donors (Lipinski definition) is 2. The highest BCUT2D eigenvalue weighted by molar-refractivity contribution is 5.70. The molecule has 0 aromatic heterocycles. The Kier molecular flexibility index (Phi) is 4.62. The van der Waals surface area contributed by atoms with E-state index in [0.29, 0.717) is 6.04 Å². The number of nitrogens with zero attached hydrogens (tertiary/aromatic N) is 1. The molecular weight excluding hydrogens is 228 g/mol. The van der Waals surface area contributed by atoms with Crippen molar-refractivity contribution in [3.05, 3.63) is 0 Å². The molecule has 0 bridgehead atoms. The number of aliphatic carboxylic acids is 1. The fourth-order valence-corrected chi connectivity index (χ4v) is 2.76. The van der Waals surface area contributed by atoms with Crippen LogP contribution in [0.2, 0.25) is 0 Å². The Morgan fingerprint density at radius 2 is 2.06 bits per heavy atom. The number of carboxylic acid groups (broad SMARTS) is 1. The minimum absolute atomic E-state index is 0.130. The quantitative estimate of drug-likeness (QED) is 0.724. The first-order valence-electron chi connectivity index (χ1n) is 7.28. The molecule has 1 heterocycles. The van der Waals surface area contributed by atoms with Gasteiger partial charge < -0.3 is 10.4 Å². The van der Waals surface area contributed by atoms with Gasteiger partial charge in [0.2, 0.25) is 0 Å². The van der Waals surface area contributed by atoms with Gasteiger partial charge in [-0.3, -0.25) is 9.69 Å². The minimum Gasteiger partial charge on any atom is -0.481 e. The summed E-state index contributed by atoms with van der Waals surface area (Å²) in [4.78, 5) is 13.5. The molecule has 1 aliphatic heterocycles. The predicted molar refractivity (Wildman–Crippen MR) is 71.6 cm³/mol. The second-order valence-electron chi connectivity index (χ2n) is 6.06. The topological polar surface area (TPSA) is 52.6 Å². The van der Waals surface area contributed by atoms with Crippen LogP contribution in [0, 0.1) is 11.8 Å². The standard InChI is InChI=1S/C14H26N2O2/c1-10(14(17)18)11(2)16(8-12-5-6-12)9-13-4-3-7-15-13/h10-13,15H,3-9H2,1-2H3,(H,17,18). The zero-order chi connectivity index (χ0) is 13.1. The maximum Gasteiger partial charge on any atom is 0.307 e. The summed E-state index contributed by atoms with van der Waals surface area (Å²) in [5, 5.41) is 12.7. The first-order chi connectivity index (χ1) is 8.58. The molecule has 2 aliphatic rings. The Morgan fingerprint density at radius 1 is 1.33 bits per heavy atom. The van der Waals surface area contributed by atoms with Crippen molar-refractivity contribution in [2.45, 2.75) is 51.6 Å². The van der Waals surface area contributed by atoms with Gasteiger partial charge in [-0.25, -0.2) is 0 Å². The van der Waals surface area contributed by atoms with E-state index in [4.69, 9.17) is 5.11 Å². The fraction of sp³-hybridized carbons (Fsp3) is 0.929. The van der Waals surface area contributed by atoms with E-state index in [0.717, 1.165) is 25.6 Å². The van der Waals surface area contributed by atoms with E-state index in [-0.39, 0.29) is 12.0 Å². The second-order valence-corrected chi connectivity index (χ2v) is 6.06. The molecule has 4 nitrogen and oxygen atoms in total. The summed E-state index contributed by atoms with van der Waals surface area (Å²) in [6.07, 6.45) is 5.13. The Bertz CT molecular complexity index is 286. The summed E-state index contributed by atoms with van der Waals surface area (Å²) in [6.45, 7) is 7.10. The van der Waals surface area contributed by atoms with Gasteiger partial charge in [0.1, 0.15) is 0 Å². The molecule has 18 heavy (non-hydrogen) atoms. The highest BCUT2D eigenvalue weighted by Crippen LogP contribution is 2.31. The van der Waals surface area contributed by atoms with Gasteiger partial charge in [0, 0.05) is 25.2 Å². The van der Waals surface area contributed by atoms with E-state index < -0.39 is 5.97 Å². The minimum atomic E-state index is -0.678. The van der Waals surface area contributed by atoms with Gasteiger partial charge >= 0.3 is 5.97 Å². The van der Waals surface area contributed by atoms with Gasteiger partial charge in [-0.1, -0.05) is 6.92 Å². The molecule has 1 saturated carbocycles. The van der Waals surface area contributed by atoms with Crippen molar-refractivity contribution in [1.82, 2.24) is 10.2 Å². The van der Waals surface area contributed by atoms with Gasteiger partial charge in [-0.15, -0.1) is 0 Å². The maximum absolute atomic E-state index is 11.1. The van der Waals surface area contributed by atoms with Crippen LogP contribution in [0.5, 0.6) is 0 Å².